The number of halogens is 2. The van der Waals surface area contributed by atoms with Gasteiger partial charge in [-0.2, -0.15) is 47.6 Å². The van der Waals surface area contributed by atoms with Crippen molar-refractivity contribution in [2.24, 2.45) is 0 Å². The van der Waals surface area contributed by atoms with Crippen LogP contribution in [0.5, 0.6) is 0 Å². The van der Waals surface area contributed by atoms with E-state index in [0.717, 1.165) is 12.8 Å². The zero-order valence-electron chi connectivity index (χ0n) is 22.6. The van der Waals surface area contributed by atoms with Gasteiger partial charge in [0.2, 0.25) is 0 Å². The van der Waals surface area contributed by atoms with Crippen LogP contribution in [0, 0.1) is 12.2 Å². The second kappa shape index (κ2) is 13.5. The van der Waals surface area contributed by atoms with Crippen molar-refractivity contribution >= 4 is 48.5 Å². The molecule has 40 heavy (non-hydrogen) atoms. The maximum Gasteiger partial charge on any atom is -0.0188 e. The zero-order valence-corrected chi connectivity index (χ0v) is 27.5. The minimum absolute atomic E-state index is 0. The summed E-state index contributed by atoms with van der Waals surface area (Å²) in [6.45, 7) is 4.62. The van der Waals surface area contributed by atoms with Crippen molar-refractivity contribution in [3.05, 3.63) is 144 Å². The molecular weight excluding hydrogens is 623 g/mol. The number of benzene rings is 6. The van der Waals surface area contributed by atoms with E-state index in [1.54, 1.807) is 23.3 Å². The van der Waals surface area contributed by atoms with Crippen molar-refractivity contribution in [2.45, 2.75) is 25.9 Å². The molecule has 196 valence electrons. The Kier molecular flexibility index (Phi) is 10.3. The molecule has 6 aromatic carbocycles. The number of allylic oxidation sites excluding steroid dienone is 2. The molecule has 0 bridgehead atoms. The first kappa shape index (κ1) is 30.5. The molecule has 0 saturated heterocycles. The van der Waals surface area contributed by atoms with E-state index >= 15 is 0 Å². The topological polar surface area (TPSA) is 0 Å². The molecular formula is C36H28Cl2SiZr-2. The van der Waals surface area contributed by atoms with Crippen molar-refractivity contribution in [1.82, 2.24) is 0 Å². The molecule has 2 aliphatic carbocycles. The number of rotatable bonds is 0. The molecule has 2 aliphatic rings. The van der Waals surface area contributed by atoms with Gasteiger partial charge in [0.1, 0.15) is 0 Å². The summed E-state index contributed by atoms with van der Waals surface area (Å²) in [4.78, 5) is 0. The number of hydrogen-bond donors (Lipinski definition) is 0. The van der Waals surface area contributed by atoms with Crippen LogP contribution in [-0.4, -0.2) is 5.43 Å². The second-order valence-electron chi connectivity index (χ2n) is 10.1. The predicted molar refractivity (Wildman–Crippen MR) is 162 cm³/mol. The summed E-state index contributed by atoms with van der Waals surface area (Å²) < 4.78 is 0. The van der Waals surface area contributed by atoms with E-state index in [-0.39, 0.29) is 30.2 Å². The molecule has 0 nitrogen and oxygen atoms in total. The average molecular weight is 651 g/mol. The first-order chi connectivity index (χ1) is 18.6. The van der Waals surface area contributed by atoms with Crippen LogP contribution in [0.15, 0.2) is 109 Å². The Labute approximate surface area is 264 Å². The third-order valence-corrected chi connectivity index (χ3v) is 7.16. The Hall–Kier alpha value is -2.48. The number of hydrogen-bond acceptors (Lipinski definition) is 0. The molecule has 0 fully saturated rings. The van der Waals surface area contributed by atoms with Gasteiger partial charge < -0.3 is 24.8 Å². The predicted octanol–water partition coefficient (Wildman–Crippen LogP) is 3.31. The zero-order chi connectivity index (χ0) is 26.1. The van der Waals surface area contributed by atoms with E-state index in [1.165, 1.54) is 65.3 Å². The summed E-state index contributed by atoms with van der Waals surface area (Å²) in [5.41, 5.74) is 5.59. The van der Waals surface area contributed by atoms with E-state index in [4.69, 9.17) is 0 Å². The van der Waals surface area contributed by atoms with Crippen LogP contribution in [0.1, 0.15) is 22.3 Å². The van der Waals surface area contributed by atoms with Gasteiger partial charge in [-0.3, -0.25) is 0 Å². The SMILES string of the molecule is C[Si](C)=[Zr+2].[C-]1=CCc2c1ccc1ccc3ccccc3c21.[C-]1=CCc2c1ccc1ccc3ccccc3c21.[Cl-].[Cl-]. The average Bonchev–Trinajstić information content (AvgIpc) is 3.62. The van der Waals surface area contributed by atoms with Gasteiger partial charge in [-0.25, -0.2) is 0 Å². The van der Waals surface area contributed by atoms with Crippen LogP contribution in [0.25, 0.3) is 43.1 Å². The molecule has 0 aliphatic heterocycles. The summed E-state index contributed by atoms with van der Waals surface area (Å²) in [5, 5.41) is 10.8. The fraction of sp³-hybridized carbons (Fsp3) is 0.111. The summed E-state index contributed by atoms with van der Waals surface area (Å²) in [6.07, 6.45) is 13.0. The minimum atomic E-state index is 0. The first-order valence-corrected chi connectivity index (χ1v) is 19.3. The molecule has 0 saturated carbocycles. The van der Waals surface area contributed by atoms with Crippen molar-refractivity contribution in [3.63, 3.8) is 0 Å². The summed E-state index contributed by atoms with van der Waals surface area (Å²) in [7, 11) is 0. The van der Waals surface area contributed by atoms with Crippen molar-refractivity contribution < 1.29 is 48.1 Å². The Morgan fingerprint density at radius 3 is 1.30 bits per heavy atom. The van der Waals surface area contributed by atoms with Crippen molar-refractivity contribution in [2.75, 3.05) is 0 Å². The first-order valence-electron chi connectivity index (χ1n) is 13.1. The van der Waals surface area contributed by atoms with Crippen LogP contribution in [0.3, 0.4) is 0 Å². The maximum absolute atomic E-state index is 3.33. The van der Waals surface area contributed by atoms with E-state index in [2.05, 4.69) is 134 Å². The molecule has 0 amide bonds. The Morgan fingerprint density at radius 2 is 0.875 bits per heavy atom. The van der Waals surface area contributed by atoms with Gasteiger partial charge in [-0.1, -0.05) is 96.4 Å². The molecule has 0 heterocycles. The van der Waals surface area contributed by atoms with Crippen molar-refractivity contribution in [3.8, 4) is 0 Å². The van der Waals surface area contributed by atoms with Gasteiger partial charge in [0.25, 0.3) is 0 Å². The molecule has 4 heteroatoms. The van der Waals surface area contributed by atoms with Crippen LogP contribution in [0.4, 0.5) is 0 Å². The van der Waals surface area contributed by atoms with Crippen molar-refractivity contribution in [1.29, 1.82) is 0 Å². The van der Waals surface area contributed by atoms with Gasteiger partial charge in [-0.15, -0.1) is 23.3 Å². The summed E-state index contributed by atoms with van der Waals surface area (Å²) in [5.74, 6) is 0. The molecule has 0 aromatic heterocycles. The minimum Gasteiger partial charge on any atom is -1.00 e. The molecule has 0 atom stereocenters. The van der Waals surface area contributed by atoms with E-state index < -0.39 is 0 Å². The van der Waals surface area contributed by atoms with Gasteiger partial charge in [-0.05, 0) is 32.3 Å². The summed E-state index contributed by atoms with van der Waals surface area (Å²) in [6, 6.07) is 34.8. The van der Waals surface area contributed by atoms with Gasteiger partial charge in [0.05, 0.1) is 0 Å². The monoisotopic (exact) mass is 648 g/mol. The maximum atomic E-state index is 3.33. The standard InChI is InChI=1S/2C17H11.C2H6Si.2ClH.Zr/c2*1-2-6-15-12(4-1)8-10-14-11-9-13-5-3-7-16(13)17(14)15;1-3-2;;;/h2*1-4,6,8-11H,7H2;1-2H3;2*1H;/q2*-1;;;;+2/p-2. The molecule has 8 rings (SSSR count). The molecule has 0 radical (unpaired) electrons. The Bertz CT molecular complexity index is 1780. The van der Waals surface area contributed by atoms with Crippen LogP contribution in [-0.2, 0) is 36.2 Å². The number of fused-ring (bicyclic) bond motifs is 10. The summed E-state index contributed by atoms with van der Waals surface area (Å²) >= 11 is 1.74. The normalized spacial score (nSPS) is 12.1. The largest absolute Gasteiger partial charge is 1.00 e. The quantitative estimate of drug-likeness (QED) is 0.135. The van der Waals surface area contributed by atoms with Crippen LogP contribution in [0.2, 0.25) is 13.1 Å². The second-order valence-corrected chi connectivity index (χ2v) is 19.4. The Balaban J connectivity index is 0.000000157. The molecule has 0 spiro atoms. The van der Waals surface area contributed by atoms with E-state index in [9.17, 15) is 0 Å². The molecule has 0 unspecified atom stereocenters. The fourth-order valence-corrected chi connectivity index (χ4v) is 5.57. The van der Waals surface area contributed by atoms with E-state index in [0.29, 0.717) is 0 Å². The van der Waals surface area contributed by atoms with Gasteiger partial charge in [0.15, 0.2) is 0 Å². The third kappa shape index (κ3) is 6.07. The third-order valence-electron chi connectivity index (χ3n) is 7.16. The molecule has 6 aromatic rings. The van der Waals surface area contributed by atoms with Crippen LogP contribution < -0.4 is 24.8 Å². The fourth-order valence-electron chi connectivity index (χ4n) is 5.57. The Morgan fingerprint density at radius 1 is 0.525 bits per heavy atom. The van der Waals surface area contributed by atoms with Gasteiger partial charge in [0, 0.05) is 0 Å². The molecule has 0 N–H and O–H groups in total. The smallest absolute Gasteiger partial charge is 0.0188 e. The van der Waals surface area contributed by atoms with Gasteiger partial charge >= 0.3 is 41.9 Å². The van der Waals surface area contributed by atoms with Crippen LogP contribution >= 0.6 is 0 Å². The van der Waals surface area contributed by atoms with E-state index in [1.807, 2.05) is 0 Å².